The summed E-state index contributed by atoms with van der Waals surface area (Å²) in [5.74, 6) is 0.188. The lowest BCUT2D eigenvalue weighted by Crippen LogP contribution is -2.39. The quantitative estimate of drug-likeness (QED) is 0.105. The Morgan fingerprint density at radius 2 is 1.74 bits per heavy atom. The number of aldehydes is 2. The minimum atomic E-state index is -0.301. The molecule has 3 atom stereocenters. The second-order valence-electron chi connectivity index (χ2n) is 16.0. The van der Waals surface area contributed by atoms with Crippen molar-refractivity contribution in [3.8, 4) is 22.4 Å². The van der Waals surface area contributed by atoms with E-state index in [4.69, 9.17) is 14.5 Å². The minimum Gasteiger partial charge on any atom is -0.467 e. The zero-order chi connectivity index (χ0) is 42.8. The molecule has 1 amide bonds. The van der Waals surface area contributed by atoms with E-state index in [0.29, 0.717) is 32.3 Å². The molecule has 12 heteroatoms. The zero-order valence-electron chi connectivity index (χ0n) is 36.3. The summed E-state index contributed by atoms with van der Waals surface area (Å²) in [5.41, 5.74) is 11.6. The number of fused-ring (bicyclic) bond motifs is 1. The molecule has 5 rings (SSSR count). The van der Waals surface area contributed by atoms with Crippen LogP contribution < -0.4 is 10.7 Å². The van der Waals surface area contributed by atoms with Gasteiger partial charge in [0.25, 0.3) is 6.47 Å². The molecule has 0 bridgehead atoms. The Hall–Kier alpha value is -4.75. The number of rotatable bonds is 18. The van der Waals surface area contributed by atoms with E-state index < -0.39 is 0 Å². The molecule has 3 heterocycles. The lowest BCUT2D eigenvalue weighted by atomic mass is 9.84. The Morgan fingerprint density at radius 3 is 2.28 bits per heavy atom. The highest BCUT2D eigenvalue weighted by atomic mass is 16.5. The number of methoxy groups -OCH3 is 1. The first kappa shape index (κ1) is 47.6. The molecule has 0 aliphatic carbocycles. The van der Waals surface area contributed by atoms with Gasteiger partial charge in [0.05, 0.1) is 36.2 Å². The fourth-order valence-electron chi connectivity index (χ4n) is 7.23. The van der Waals surface area contributed by atoms with Gasteiger partial charge in [0.2, 0.25) is 6.41 Å². The van der Waals surface area contributed by atoms with Crippen molar-refractivity contribution < 1.29 is 28.7 Å². The van der Waals surface area contributed by atoms with Gasteiger partial charge in [0.15, 0.2) is 0 Å². The molecule has 0 saturated carbocycles. The summed E-state index contributed by atoms with van der Waals surface area (Å²) in [6, 6.07) is 18.6. The number of aromatic nitrogens is 2. The Labute approximate surface area is 345 Å². The normalized spacial score (nSPS) is 14.6. The Kier molecular flexibility index (Phi) is 19.4. The van der Waals surface area contributed by atoms with Crippen molar-refractivity contribution in [3.05, 3.63) is 77.6 Å². The first-order valence-corrected chi connectivity index (χ1v) is 20.3. The number of ether oxygens (including phenoxy) is 2. The van der Waals surface area contributed by atoms with Crippen molar-refractivity contribution in [2.24, 2.45) is 11.3 Å². The van der Waals surface area contributed by atoms with Crippen LogP contribution in [0.5, 0.6) is 0 Å². The van der Waals surface area contributed by atoms with E-state index in [1.807, 2.05) is 39.1 Å². The van der Waals surface area contributed by atoms with Crippen molar-refractivity contribution >= 4 is 36.4 Å². The second-order valence-corrected chi connectivity index (χ2v) is 16.0. The third kappa shape index (κ3) is 13.1. The predicted octanol–water partition coefficient (Wildman–Crippen LogP) is 6.68. The van der Waals surface area contributed by atoms with Crippen LogP contribution in [-0.4, -0.2) is 105 Å². The summed E-state index contributed by atoms with van der Waals surface area (Å²) < 4.78 is 13.3. The molecule has 12 nitrogen and oxygen atoms in total. The maximum Gasteiger partial charge on any atom is 0.293 e. The average molecular weight is 799 g/mol. The van der Waals surface area contributed by atoms with E-state index in [0.717, 1.165) is 70.2 Å². The highest BCUT2D eigenvalue weighted by molar-refractivity contribution is 5.95. The van der Waals surface area contributed by atoms with Gasteiger partial charge in [-0.15, -0.1) is 0 Å². The van der Waals surface area contributed by atoms with Crippen LogP contribution in [0.2, 0.25) is 0 Å². The number of carbonyl (C=O) groups excluding carboxylic acids is 4. The van der Waals surface area contributed by atoms with Crippen molar-refractivity contribution in [3.63, 3.8) is 0 Å². The molecule has 3 unspecified atom stereocenters. The molecule has 2 aromatic carbocycles. The maximum atomic E-state index is 11.4. The van der Waals surface area contributed by atoms with Crippen LogP contribution in [0.15, 0.2) is 60.8 Å². The number of nitrogens with one attached hydrogen (secondary N) is 2. The van der Waals surface area contributed by atoms with Crippen LogP contribution in [0.4, 0.5) is 0 Å². The van der Waals surface area contributed by atoms with Crippen LogP contribution >= 0.6 is 0 Å². The van der Waals surface area contributed by atoms with Crippen LogP contribution in [0.3, 0.4) is 0 Å². The molecule has 0 radical (unpaired) electrons. The van der Waals surface area contributed by atoms with E-state index >= 15 is 0 Å². The molecule has 4 aromatic rings. The lowest BCUT2D eigenvalue weighted by Gasteiger charge is -2.25. The van der Waals surface area contributed by atoms with E-state index in [1.165, 1.54) is 29.8 Å². The number of hydrogen-bond acceptors (Lipinski definition) is 10. The molecule has 316 valence electrons. The van der Waals surface area contributed by atoms with Gasteiger partial charge in [-0.3, -0.25) is 20.0 Å². The van der Waals surface area contributed by atoms with Crippen molar-refractivity contribution in [2.75, 3.05) is 47.9 Å². The molecule has 58 heavy (non-hydrogen) atoms. The number of amides is 1. The molecule has 0 spiro atoms. The van der Waals surface area contributed by atoms with Crippen LogP contribution in [0.25, 0.3) is 33.3 Å². The van der Waals surface area contributed by atoms with E-state index in [9.17, 15) is 19.2 Å². The standard InChI is InChI=1S/C34H41N3O4.C7H13NO2.C5H12N2/c1-7-37-31-14-13-26(25-11-8-10-24(16-25)17-27(20-38)35-5)18-29(31)30(19-34(3,4)21-41-22-39)33(37)28-12-9-15-36-32(28)23(2)40-6;1-6(2)7(4-9)8(3)5-10;1-7-5-3-2-4-6-7/h8-16,18,20,22-23,27,35H,7,17,19,21H2,1-6H3;4-7H,1-3H3;6H,2-5H2,1H3. The highest BCUT2D eigenvalue weighted by Crippen LogP contribution is 2.41. The van der Waals surface area contributed by atoms with E-state index in [-0.39, 0.29) is 29.5 Å². The van der Waals surface area contributed by atoms with Gasteiger partial charge in [-0.1, -0.05) is 58.0 Å². The number of benzene rings is 2. The van der Waals surface area contributed by atoms with Gasteiger partial charge in [0.1, 0.15) is 12.6 Å². The summed E-state index contributed by atoms with van der Waals surface area (Å²) in [6.45, 7) is 16.2. The average Bonchev–Trinajstić information content (AvgIpc) is 3.53. The minimum absolute atomic E-state index is 0.181. The Bertz CT molecular complexity index is 1900. The predicted molar refractivity (Wildman–Crippen MR) is 232 cm³/mol. The van der Waals surface area contributed by atoms with Crippen LogP contribution in [0, 0.1) is 11.3 Å². The van der Waals surface area contributed by atoms with E-state index in [1.54, 1.807) is 21.2 Å². The van der Waals surface area contributed by atoms with Crippen molar-refractivity contribution in [2.45, 2.75) is 92.0 Å². The van der Waals surface area contributed by atoms with E-state index in [2.05, 4.69) is 90.6 Å². The fraction of sp³-hybridized carbons (Fsp3) is 0.500. The van der Waals surface area contributed by atoms with Gasteiger partial charge < -0.3 is 33.8 Å². The van der Waals surface area contributed by atoms with Gasteiger partial charge in [-0.25, -0.2) is 5.01 Å². The fourth-order valence-corrected chi connectivity index (χ4v) is 7.23. The first-order valence-electron chi connectivity index (χ1n) is 20.3. The summed E-state index contributed by atoms with van der Waals surface area (Å²) >= 11 is 0. The molecular formula is C46H66N6O6. The molecule has 2 aromatic heterocycles. The summed E-state index contributed by atoms with van der Waals surface area (Å²) in [4.78, 5) is 49.1. The molecular weight excluding hydrogens is 733 g/mol. The molecule has 1 aliphatic rings. The van der Waals surface area contributed by atoms with Crippen LogP contribution in [-0.2, 0) is 48.0 Å². The number of aryl methyl sites for hydroxylation is 1. The van der Waals surface area contributed by atoms with Gasteiger partial charge in [-0.05, 0) is 99.0 Å². The number of pyridine rings is 1. The van der Waals surface area contributed by atoms with Crippen molar-refractivity contribution in [1.82, 2.24) is 30.2 Å². The van der Waals surface area contributed by atoms with Gasteiger partial charge >= 0.3 is 0 Å². The zero-order valence-corrected chi connectivity index (χ0v) is 36.3. The van der Waals surface area contributed by atoms with Gasteiger partial charge in [0, 0.05) is 68.9 Å². The molecule has 1 fully saturated rings. The summed E-state index contributed by atoms with van der Waals surface area (Å²) in [5, 5.41) is 6.36. The molecule has 1 aliphatic heterocycles. The second kappa shape index (κ2) is 23.6. The maximum absolute atomic E-state index is 11.4. The van der Waals surface area contributed by atoms with Crippen LogP contribution in [0.1, 0.15) is 77.3 Å². The number of hydrogen-bond donors (Lipinski definition) is 2. The smallest absolute Gasteiger partial charge is 0.293 e. The SMILES string of the molecule is CC(C)C(C=O)N(C)C=O.CCn1c(-c2cccnc2C(C)OC)c(CC(C)(C)COC=O)c2cc(-c3cccc(CC(C=O)NC)c3)ccc21.CN1CCCCN1. The number of nitrogens with zero attached hydrogens (tertiary/aromatic N) is 4. The highest BCUT2D eigenvalue weighted by Gasteiger charge is 2.28. The first-order chi connectivity index (χ1) is 27.8. The third-order valence-electron chi connectivity index (χ3n) is 10.5. The monoisotopic (exact) mass is 799 g/mol. The van der Waals surface area contributed by atoms with Gasteiger partial charge in [-0.2, -0.15) is 0 Å². The molecule has 2 N–H and O–H groups in total. The number of carbonyl (C=O) groups is 4. The topological polar surface area (TPSA) is 135 Å². The summed E-state index contributed by atoms with van der Waals surface area (Å²) in [7, 11) is 7.19. The lowest BCUT2D eigenvalue weighted by molar-refractivity contribution is -0.131. The molecule has 1 saturated heterocycles. The Balaban J connectivity index is 0.000000437. The number of likely N-dealkylation sites (N-methyl/N-ethyl adjacent to an activating group) is 2. The largest absolute Gasteiger partial charge is 0.467 e. The number of hydrazine groups is 1. The third-order valence-corrected chi connectivity index (χ3v) is 10.5. The Morgan fingerprint density at radius 1 is 1.00 bits per heavy atom. The summed E-state index contributed by atoms with van der Waals surface area (Å²) in [6.07, 6.45) is 8.05. The van der Waals surface area contributed by atoms with Crippen molar-refractivity contribution in [1.29, 1.82) is 0 Å².